The number of benzene rings is 1. The van der Waals surface area contributed by atoms with Crippen LogP contribution < -0.4 is 5.73 Å². The Balaban J connectivity index is 1.74. The molecule has 2 amide bonds. The monoisotopic (exact) mass is 309 g/mol. The fourth-order valence-corrected chi connectivity index (χ4v) is 2.98. The number of amides is 2. The number of carbonyl (C=O) groups excluding carboxylic acids is 2. The first-order valence-corrected chi connectivity index (χ1v) is 7.69. The van der Waals surface area contributed by atoms with Gasteiger partial charge in [-0.15, -0.1) is 0 Å². The van der Waals surface area contributed by atoms with Gasteiger partial charge in [-0.1, -0.05) is 30.3 Å². The van der Waals surface area contributed by atoms with Gasteiger partial charge in [-0.25, -0.2) is 0 Å². The van der Waals surface area contributed by atoms with Crippen molar-refractivity contribution >= 4 is 11.8 Å². The lowest BCUT2D eigenvalue weighted by Crippen LogP contribution is -2.51. The minimum Gasteiger partial charge on any atom is -0.368 e. The fourth-order valence-electron chi connectivity index (χ4n) is 2.98. The van der Waals surface area contributed by atoms with Crippen LogP contribution in [0.25, 0.3) is 0 Å². The summed E-state index contributed by atoms with van der Waals surface area (Å²) >= 11 is 0. The molecule has 3 rings (SSSR count). The van der Waals surface area contributed by atoms with Crippen LogP contribution in [0.3, 0.4) is 0 Å². The van der Waals surface area contributed by atoms with Gasteiger partial charge >= 0.3 is 0 Å². The first-order valence-electron chi connectivity index (χ1n) is 7.69. The molecule has 1 aliphatic rings. The van der Waals surface area contributed by atoms with Crippen molar-refractivity contribution < 1.29 is 9.59 Å². The Morgan fingerprint density at radius 1 is 1.17 bits per heavy atom. The number of nitrogens with zero attached hydrogens (tertiary/aromatic N) is 2. The summed E-state index contributed by atoms with van der Waals surface area (Å²) in [5.41, 5.74) is 8.70. The molecule has 0 spiro atoms. The van der Waals surface area contributed by atoms with E-state index >= 15 is 0 Å². The lowest BCUT2D eigenvalue weighted by Gasteiger charge is -2.35. The third kappa shape index (κ3) is 3.39. The molecule has 2 aromatic rings. The van der Waals surface area contributed by atoms with Crippen molar-refractivity contribution in [3.8, 4) is 0 Å². The Kier molecular flexibility index (Phi) is 4.37. The molecule has 118 valence electrons. The molecule has 5 heteroatoms. The standard InChI is InChI=1S/C18H19N3O2/c19-18(23)16-10-14-5-1-2-6-15(14)12-21(16)17(22)8-7-13-4-3-9-20-11-13/h1-6,9,11,16H,7-8,10,12H2,(H2,19,23)/t16-/m0/s1. The van der Waals surface area contributed by atoms with Gasteiger partial charge in [0.15, 0.2) is 0 Å². The van der Waals surface area contributed by atoms with E-state index in [1.54, 1.807) is 17.3 Å². The van der Waals surface area contributed by atoms with E-state index in [4.69, 9.17) is 5.73 Å². The van der Waals surface area contributed by atoms with Crippen LogP contribution in [0.15, 0.2) is 48.8 Å². The van der Waals surface area contributed by atoms with E-state index in [1.807, 2.05) is 36.4 Å². The van der Waals surface area contributed by atoms with Crippen molar-refractivity contribution in [2.24, 2.45) is 5.73 Å². The maximum atomic E-state index is 12.6. The van der Waals surface area contributed by atoms with E-state index in [0.29, 0.717) is 25.8 Å². The Morgan fingerprint density at radius 3 is 2.65 bits per heavy atom. The second kappa shape index (κ2) is 6.60. The number of nitrogens with two attached hydrogens (primary N) is 1. The topological polar surface area (TPSA) is 76.3 Å². The van der Waals surface area contributed by atoms with Crippen molar-refractivity contribution in [3.63, 3.8) is 0 Å². The number of carbonyl (C=O) groups is 2. The van der Waals surface area contributed by atoms with Crippen LogP contribution in [-0.2, 0) is 29.0 Å². The first kappa shape index (κ1) is 15.2. The Labute approximate surface area is 135 Å². The van der Waals surface area contributed by atoms with Crippen LogP contribution in [0.2, 0.25) is 0 Å². The highest BCUT2D eigenvalue weighted by atomic mass is 16.2. The van der Waals surface area contributed by atoms with Crippen molar-refractivity contribution in [2.45, 2.75) is 31.8 Å². The zero-order valence-electron chi connectivity index (χ0n) is 12.8. The molecular weight excluding hydrogens is 290 g/mol. The molecule has 23 heavy (non-hydrogen) atoms. The Bertz CT molecular complexity index is 715. The van der Waals surface area contributed by atoms with E-state index in [9.17, 15) is 9.59 Å². The summed E-state index contributed by atoms with van der Waals surface area (Å²) in [6, 6.07) is 11.1. The van der Waals surface area contributed by atoms with E-state index in [-0.39, 0.29) is 5.91 Å². The van der Waals surface area contributed by atoms with Crippen LogP contribution in [0.5, 0.6) is 0 Å². The van der Waals surface area contributed by atoms with Crippen LogP contribution >= 0.6 is 0 Å². The molecule has 0 saturated heterocycles. The smallest absolute Gasteiger partial charge is 0.240 e. The average molecular weight is 309 g/mol. The summed E-state index contributed by atoms with van der Waals surface area (Å²) in [5.74, 6) is -0.499. The van der Waals surface area contributed by atoms with E-state index in [0.717, 1.165) is 16.7 Å². The molecule has 1 aromatic carbocycles. The number of fused-ring (bicyclic) bond motifs is 1. The number of primary amides is 1. The number of hydrogen-bond acceptors (Lipinski definition) is 3. The quantitative estimate of drug-likeness (QED) is 0.929. The minimum atomic E-state index is -0.564. The molecule has 1 atom stereocenters. The molecule has 5 nitrogen and oxygen atoms in total. The number of hydrogen-bond donors (Lipinski definition) is 1. The number of aryl methyl sites for hydroxylation is 1. The van der Waals surface area contributed by atoms with Crippen LogP contribution in [0, 0.1) is 0 Å². The zero-order chi connectivity index (χ0) is 16.2. The van der Waals surface area contributed by atoms with Crippen LogP contribution in [0.1, 0.15) is 23.1 Å². The highest BCUT2D eigenvalue weighted by molar-refractivity contribution is 5.87. The van der Waals surface area contributed by atoms with Crippen molar-refractivity contribution in [1.82, 2.24) is 9.88 Å². The minimum absolute atomic E-state index is 0.0489. The van der Waals surface area contributed by atoms with Gasteiger partial charge in [0.2, 0.25) is 11.8 Å². The van der Waals surface area contributed by atoms with Gasteiger partial charge < -0.3 is 10.6 Å². The lowest BCUT2D eigenvalue weighted by molar-refractivity contribution is -0.140. The van der Waals surface area contributed by atoms with Gasteiger partial charge in [0.05, 0.1) is 0 Å². The third-order valence-corrected chi connectivity index (χ3v) is 4.25. The molecule has 0 saturated carbocycles. The first-order chi connectivity index (χ1) is 11.1. The molecule has 2 heterocycles. The lowest BCUT2D eigenvalue weighted by atomic mass is 9.93. The number of rotatable bonds is 4. The van der Waals surface area contributed by atoms with Crippen molar-refractivity contribution in [2.75, 3.05) is 0 Å². The fraction of sp³-hybridized carbons (Fsp3) is 0.278. The Morgan fingerprint density at radius 2 is 1.96 bits per heavy atom. The number of pyridine rings is 1. The highest BCUT2D eigenvalue weighted by Crippen LogP contribution is 2.24. The van der Waals surface area contributed by atoms with Gasteiger partial charge in [-0.05, 0) is 29.2 Å². The van der Waals surface area contributed by atoms with Crippen molar-refractivity contribution in [1.29, 1.82) is 0 Å². The summed E-state index contributed by atoms with van der Waals surface area (Å²) in [6.45, 7) is 0.440. The average Bonchev–Trinajstić information content (AvgIpc) is 2.59. The van der Waals surface area contributed by atoms with E-state index < -0.39 is 11.9 Å². The van der Waals surface area contributed by atoms with Gasteiger partial charge in [-0.2, -0.15) is 0 Å². The predicted molar refractivity (Wildman–Crippen MR) is 86.2 cm³/mol. The normalized spacial score (nSPS) is 16.7. The third-order valence-electron chi connectivity index (χ3n) is 4.25. The number of aromatic nitrogens is 1. The van der Waals surface area contributed by atoms with Crippen molar-refractivity contribution in [3.05, 3.63) is 65.5 Å². The predicted octanol–water partition coefficient (Wildman–Crippen LogP) is 1.45. The molecule has 0 unspecified atom stereocenters. The molecular formula is C18H19N3O2. The van der Waals surface area contributed by atoms with Crippen LogP contribution in [0.4, 0.5) is 0 Å². The summed E-state index contributed by atoms with van der Waals surface area (Å²) in [6.07, 6.45) is 4.90. The molecule has 1 aliphatic heterocycles. The second-order valence-electron chi connectivity index (χ2n) is 5.77. The van der Waals surface area contributed by atoms with Gasteiger partial charge in [0.1, 0.15) is 6.04 Å². The molecule has 0 aliphatic carbocycles. The summed E-state index contributed by atoms with van der Waals surface area (Å²) in [5, 5.41) is 0. The molecule has 0 bridgehead atoms. The highest BCUT2D eigenvalue weighted by Gasteiger charge is 2.32. The van der Waals surface area contributed by atoms with Gasteiger partial charge in [0.25, 0.3) is 0 Å². The second-order valence-corrected chi connectivity index (χ2v) is 5.77. The molecule has 0 radical (unpaired) electrons. The van der Waals surface area contributed by atoms with Gasteiger partial charge in [0, 0.05) is 31.8 Å². The summed E-state index contributed by atoms with van der Waals surface area (Å²) in [4.78, 5) is 30.0. The molecule has 1 aromatic heterocycles. The summed E-state index contributed by atoms with van der Waals surface area (Å²) < 4.78 is 0. The molecule has 2 N–H and O–H groups in total. The van der Waals surface area contributed by atoms with Crippen LogP contribution in [-0.4, -0.2) is 27.7 Å². The summed E-state index contributed by atoms with van der Waals surface area (Å²) in [7, 11) is 0. The SMILES string of the molecule is NC(=O)[C@@H]1Cc2ccccc2CN1C(=O)CCc1cccnc1. The Hall–Kier alpha value is -2.69. The maximum Gasteiger partial charge on any atom is 0.240 e. The largest absolute Gasteiger partial charge is 0.368 e. The van der Waals surface area contributed by atoms with Gasteiger partial charge in [-0.3, -0.25) is 14.6 Å². The van der Waals surface area contributed by atoms with E-state index in [2.05, 4.69) is 4.98 Å². The maximum absolute atomic E-state index is 12.6. The van der Waals surface area contributed by atoms with E-state index in [1.165, 1.54) is 0 Å². The zero-order valence-corrected chi connectivity index (χ0v) is 12.8. The molecule has 0 fully saturated rings.